The summed E-state index contributed by atoms with van der Waals surface area (Å²) in [6.45, 7) is 0. The summed E-state index contributed by atoms with van der Waals surface area (Å²) in [5.74, 6) is -2.40. The standard InChI is InChI=1S/C26H21F7N4O5S/c27-18-3-6-20(7-4-18)43(41,42)37-19(14-22(38)35-36-23(39)15-9-11-34-12-10-15)5-1-16-13-17(2-8-21(16)37)24(40,25(28,29)30)26(31,32)33/h2-4,6-13,19,40H,1,5,14H2,(H,35,38)(H,36,39). The van der Waals surface area contributed by atoms with Crippen molar-refractivity contribution in [3.8, 4) is 0 Å². The molecule has 3 aromatic rings. The van der Waals surface area contributed by atoms with Crippen molar-refractivity contribution in [1.82, 2.24) is 15.8 Å². The van der Waals surface area contributed by atoms with Crippen LogP contribution < -0.4 is 15.2 Å². The van der Waals surface area contributed by atoms with Gasteiger partial charge in [0.1, 0.15) is 5.82 Å². The van der Waals surface area contributed by atoms with Crippen molar-refractivity contribution in [3.63, 3.8) is 0 Å². The van der Waals surface area contributed by atoms with Crippen LogP contribution in [0.3, 0.4) is 0 Å². The van der Waals surface area contributed by atoms with Crippen molar-refractivity contribution < 1.29 is 53.8 Å². The molecule has 1 aliphatic heterocycles. The molecule has 0 aliphatic carbocycles. The summed E-state index contributed by atoms with van der Waals surface area (Å²) in [6.07, 6.45) is -10.9. The van der Waals surface area contributed by atoms with E-state index in [1.165, 1.54) is 24.5 Å². The van der Waals surface area contributed by atoms with Gasteiger partial charge in [-0.1, -0.05) is 12.1 Å². The first-order valence-electron chi connectivity index (χ1n) is 12.2. The molecule has 1 atom stereocenters. The third-order valence-electron chi connectivity index (χ3n) is 6.68. The van der Waals surface area contributed by atoms with Crippen LogP contribution in [-0.2, 0) is 26.8 Å². The number of hydrogen-bond acceptors (Lipinski definition) is 6. The fraction of sp³-hybridized carbons (Fsp3) is 0.269. The number of hydrazine groups is 1. The maximum atomic E-state index is 13.7. The predicted octanol–water partition coefficient (Wildman–Crippen LogP) is 3.89. The normalized spacial score (nSPS) is 15.9. The number of aliphatic hydroxyl groups is 1. The highest BCUT2D eigenvalue weighted by molar-refractivity contribution is 7.92. The molecule has 3 N–H and O–H groups in total. The number of carbonyl (C=O) groups excluding carboxylic acids is 2. The Labute approximate surface area is 239 Å². The fourth-order valence-electron chi connectivity index (χ4n) is 4.55. The number of benzene rings is 2. The molecule has 0 saturated carbocycles. The zero-order valence-corrected chi connectivity index (χ0v) is 22.4. The Morgan fingerprint density at radius 3 is 2.12 bits per heavy atom. The smallest absolute Gasteiger partial charge is 0.369 e. The summed E-state index contributed by atoms with van der Waals surface area (Å²) in [6, 6.07) is 6.27. The quantitative estimate of drug-likeness (QED) is 0.279. The highest BCUT2D eigenvalue weighted by Crippen LogP contribution is 2.51. The van der Waals surface area contributed by atoms with E-state index in [0.29, 0.717) is 22.5 Å². The van der Waals surface area contributed by atoms with Gasteiger partial charge in [0.15, 0.2) is 0 Å². The van der Waals surface area contributed by atoms with Crippen molar-refractivity contribution in [1.29, 1.82) is 0 Å². The molecule has 17 heteroatoms. The summed E-state index contributed by atoms with van der Waals surface area (Å²) in [5, 5.41) is 9.84. The van der Waals surface area contributed by atoms with Crippen LogP contribution in [0, 0.1) is 5.82 Å². The van der Waals surface area contributed by atoms with Crippen LogP contribution in [0.25, 0.3) is 0 Å². The van der Waals surface area contributed by atoms with Crippen molar-refractivity contribution in [2.45, 2.75) is 48.2 Å². The Morgan fingerprint density at radius 1 is 0.930 bits per heavy atom. The van der Waals surface area contributed by atoms with Crippen LogP contribution in [0.5, 0.6) is 0 Å². The molecule has 0 fully saturated rings. The topological polar surface area (TPSA) is 129 Å². The Balaban J connectivity index is 1.71. The van der Waals surface area contributed by atoms with Crippen LogP contribution in [0.4, 0.5) is 36.4 Å². The number of nitrogens with zero attached hydrogens (tertiary/aromatic N) is 2. The largest absolute Gasteiger partial charge is 0.430 e. The molecule has 0 saturated heterocycles. The molecule has 0 bridgehead atoms. The monoisotopic (exact) mass is 634 g/mol. The maximum absolute atomic E-state index is 13.7. The molecular formula is C26H21F7N4O5S. The van der Waals surface area contributed by atoms with Gasteiger partial charge in [-0.05, 0) is 60.9 Å². The number of nitrogens with one attached hydrogen (secondary N) is 2. The van der Waals surface area contributed by atoms with E-state index in [-0.39, 0.29) is 29.7 Å². The molecule has 4 rings (SSSR count). The molecule has 1 aliphatic rings. The number of aryl methyl sites for hydroxylation is 1. The second-order valence-electron chi connectivity index (χ2n) is 9.44. The maximum Gasteiger partial charge on any atom is 0.430 e. The first-order valence-corrected chi connectivity index (χ1v) is 13.7. The van der Waals surface area contributed by atoms with Crippen molar-refractivity contribution in [2.75, 3.05) is 4.31 Å². The first-order chi connectivity index (χ1) is 20.0. The van der Waals surface area contributed by atoms with E-state index >= 15 is 0 Å². The first kappa shape index (κ1) is 31.7. The fourth-order valence-corrected chi connectivity index (χ4v) is 6.26. The second kappa shape index (κ2) is 11.4. The van der Waals surface area contributed by atoms with E-state index in [4.69, 9.17) is 0 Å². The zero-order valence-electron chi connectivity index (χ0n) is 21.6. The number of sulfonamides is 1. The van der Waals surface area contributed by atoms with Gasteiger partial charge in [-0.3, -0.25) is 29.7 Å². The van der Waals surface area contributed by atoms with Gasteiger partial charge in [0.2, 0.25) is 5.91 Å². The molecule has 0 radical (unpaired) electrons. The van der Waals surface area contributed by atoms with Gasteiger partial charge < -0.3 is 5.11 Å². The highest BCUT2D eigenvalue weighted by atomic mass is 32.2. The number of pyridine rings is 1. The minimum absolute atomic E-state index is 0.135. The van der Waals surface area contributed by atoms with Gasteiger partial charge in [-0.25, -0.2) is 12.8 Å². The lowest BCUT2D eigenvalue weighted by molar-refractivity contribution is -0.376. The van der Waals surface area contributed by atoms with Gasteiger partial charge in [-0.2, -0.15) is 26.3 Å². The van der Waals surface area contributed by atoms with Crippen molar-refractivity contribution in [3.05, 3.63) is 89.5 Å². The molecule has 2 amide bonds. The summed E-state index contributed by atoms with van der Waals surface area (Å²) in [7, 11) is -4.68. The van der Waals surface area contributed by atoms with E-state index in [1.807, 2.05) is 0 Å². The van der Waals surface area contributed by atoms with Gasteiger partial charge in [0, 0.05) is 29.9 Å². The minimum atomic E-state index is -6.17. The minimum Gasteiger partial charge on any atom is -0.369 e. The average molecular weight is 635 g/mol. The van der Waals surface area contributed by atoms with Crippen molar-refractivity contribution >= 4 is 27.5 Å². The van der Waals surface area contributed by atoms with Gasteiger partial charge in [0.25, 0.3) is 21.5 Å². The molecule has 2 aromatic carbocycles. The lowest BCUT2D eigenvalue weighted by atomic mass is 9.87. The number of amides is 2. The zero-order chi connectivity index (χ0) is 31.8. The van der Waals surface area contributed by atoms with Crippen LogP contribution in [0.2, 0.25) is 0 Å². The number of rotatable bonds is 6. The molecule has 9 nitrogen and oxygen atoms in total. The Hall–Kier alpha value is -4.25. The van der Waals surface area contributed by atoms with Gasteiger partial charge in [0.05, 0.1) is 16.6 Å². The number of carbonyl (C=O) groups is 2. The number of halogens is 7. The molecule has 0 spiro atoms. The second-order valence-corrected chi connectivity index (χ2v) is 11.3. The summed E-state index contributed by atoms with van der Waals surface area (Å²) in [4.78, 5) is 28.2. The summed E-state index contributed by atoms with van der Waals surface area (Å²) >= 11 is 0. The predicted molar refractivity (Wildman–Crippen MR) is 135 cm³/mol. The molecule has 230 valence electrons. The van der Waals surface area contributed by atoms with Crippen LogP contribution >= 0.6 is 0 Å². The van der Waals surface area contributed by atoms with Gasteiger partial charge in [-0.15, -0.1) is 0 Å². The highest BCUT2D eigenvalue weighted by Gasteiger charge is 2.71. The van der Waals surface area contributed by atoms with E-state index in [9.17, 15) is 53.8 Å². The van der Waals surface area contributed by atoms with E-state index in [2.05, 4.69) is 15.8 Å². The van der Waals surface area contributed by atoms with Gasteiger partial charge >= 0.3 is 12.4 Å². The number of aromatic nitrogens is 1. The Bertz CT molecular complexity index is 1600. The number of anilines is 1. The molecule has 43 heavy (non-hydrogen) atoms. The van der Waals surface area contributed by atoms with Crippen LogP contribution in [-0.4, -0.2) is 48.7 Å². The number of hydrogen-bond donors (Lipinski definition) is 3. The number of alkyl halides is 6. The Morgan fingerprint density at radius 2 is 1.53 bits per heavy atom. The van der Waals surface area contributed by atoms with E-state index in [0.717, 1.165) is 24.3 Å². The Kier molecular flexibility index (Phi) is 8.43. The lowest BCUT2D eigenvalue weighted by Crippen LogP contribution is -2.54. The van der Waals surface area contributed by atoms with Crippen LogP contribution in [0.15, 0.2) is 71.9 Å². The van der Waals surface area contributed by atoms with E-state index in [1.54, 1.807) is 0 Å². The molecule has 1 unspecified atom stereocenters. The average Bonchev–Trinajstić information content (AvgIpc) is 2.94. The lowest BCUT2D eigenvalue weighted by Gasteiger charge is -2.39. The summed E-state index contributed by atoms with van der Waals surface area (Å²) in [5.41, 5.74) is -3.09. The molecular weight excluding hydrogens is 613 g/mol. The summed E-state index contributed by atoms with van der Waals surface area (Å²) < 4.78 is 123. The SMILES string of the molecule is O=C(CC1CCc2cc(C(O)(C(F)(F)F)C(F)(F)F)ccc2N1S(=O)(=O)c1ccc(F)cc1)NNC(=O)c1ccncc1. The molecule has 2 heterocycles. The third kappa shape index (κ3) is 6.13. The van der Waals surface area contributed by atoms with Crippen LogP contribution in [0.1, 0.15) is 34.3 Å². The van der Waals surface area contributed by atoms with Crippen molar-refractivity contribution in [2.24, 2.45) is 0 Å². The van der Waals surface area contributed by atoms with E-state index < -0.39 is 68.5 Å². The number of fused-ring (bicyclic) bond motifs is 1. The molecule has 1 aromatic heterocycles. The third-order valence-corrected chi connectivity index (χ3v) is 8.56.